The van der Waals surface area contributed by atoms with Gasteiger partial charge >= 0.3 is 0 Å². The molecule has 0 aliphatic heterocycles. The molecule has 0 amide bonds. The normalized spacial score (nSPS) is 12.3. The highest BCUT2D eigenvalue weighted by Crippen LogP contribution is 2.42. The van der Waals surface area contributed by atoms with Crippen LogP contribution in [0.4, 0.5) is 0 Å². The molecule has 0 saturated carbocycles. The summed E-state index contributed by atoms with van der Waals surface area (Å²) in [4.78, 5) is 10.3. The number of para-hydroxylation sites is 1. The highest BCUT2D eigenvalue weighted by Gasteiger charge is 2.23. The van der Waals surface area contributed by atoms with Gasteiger partial charge in [0.15, 0.2) is 0 Å². The van der Waals surface area contributed by atoms with Gasteiger partial charge in [0.25, 0.3) is 0 Å². The zero-order valence-corrected chi connectivity index (χ0v) is 30.5. The zero-order chi connectivity index (χ0) is 40.0. The van der Waals surface area contributed by atoms with Crippen molar-refractivity contribution < 1.29 is 9.22 Å². The monoisotopic (exact) mass is 712 g/mol. The fraction of sp³-hybridized carbons (Fsp3) is 0.0588. The molecule has 9 rings (SSSR count). The van der Waals surface area contributed by atoms with Gasteiger partial charge in [0, 0.05) is 27.0 Å². The van der Waals surface area contributed by atoms with Crippen molar-refractivity contribution in [2.75, 3.05) is 0 Å². The number of aromatic hydroxyl groups is 1. The zero-order valence-electron chi connectivity index (χ0n) is 33.5. The van der Waals surface area contributed by atoms with Crippen molar-refractivity contribution in [1.29, 1.82) is 0 Å². The molecule has 2 heterocycles. The minimum absolute atomic E-state index is 0.141. The summed E-state index contributed by atoms with van der Waals surface area (Å²) in [5.74, 6) is 0.684. The fourth-order valence-electron chi connectivity index (χ4n) is 7.59. The molecule has 0 bridgehead atoms. The van der Waals surface area contributed by atoms with Crippen LogP contribution in [0.1, 0.15) is 20.8 Å². The van der Waals surface area contributed by atoms with Crippen molar-refractivity contribution in [3.63, 3.8) is 0 Å². The standard InChI is InChI=1S/C51H39N3O/c1-33-22-23-47(44(27-33)38-18-11-6-12-19-38)54-48-21-13-20-43(49(48)53-51(54)45-28-34(2)26-35(3)50(45)55)41-29-40(37-16-9-5-10-17-37)30-42(31-41)46-32-39(24-25-52-46)36-14-7-4-8-15-36/h4-32,55H,1-3H3/i1D3. The Labute approximate surface area is 325 Å². The molecule has 4 nitrogen and oxygen atoms in total. The number of phenols is 1. The Hall–Kier alpha value is -7.04. The molecule has 264 valence electrons. The molecular formula is C51H39N3O. The first-order chi connectivity index (χ1) is 28.1. The summed E-state index contributed by atoms with van der Waals surface area (Å²) >= 11 is 0. The molecule has 1 N–H and O–H groups in total. The largest absolute Gasteiger partial charge is 0.507 e. The molecule has 4 heteroatoms. The lowest BCUT2D eigenvalue weighted by atomic mass is 9.93. The van der Waals surface area contributed by atoms with E-state index in [2.05, 4.69) is 59.2 Å². The lowest BCUT2D eigenvalue weighted by Gasteiger charge is -2.17. The third-order valence-corrected chi connectivity index (χ3v) is 10.2. The second-order valence-corrected chi connectivity index (χ2v) is 14.0. The predicted octanol–water partition coefficient (Wildman–Crippen LogP) is 13.1. The highest BCUT2D eigenvalue weighted by molar-refractivity contribution is 5.98. The number of rotatable bonds is 7. The molecule has 9 aromatic rings. The molecule has 0 atom stereocenters. The number of nitrogens with zero attached hydrogens (tertiary/aromatic N) is 3. The van der Waals surface area contributed by atoms with E-state index in [1.54, 1.807) is 12.1 Å². The van der Waals surface area contributed by atoms with Crippen molar-refractivity contribution in [2.45, 2.75) is 20.7 Å². The van der Waals surface area contributed by atoms with Gasteiger partial charge in [-0.3, -0.25) is 9.55 Å². The number of pyridine rings is 1. The summed E-state index contributed by atoms with van der Waals surface area (Å²) in [5.41, 5.74) is 14.4. The number of hydrogen-bond donors (Lipinski definition) is 1. The van der Waals surface area contributed by atoms with E-state index in [0.717, 1.165) is 83.6 Å². The van der Waals surface area contributed by atoms with Crippen LogP contribution >= 0.6 is 0 Å². The SMILES string of the molecule is [2H]C([2H])([2H])c1ccc(-n2c(-c3cc(C)cc(C)c3O)nc3c(-c4cc(-c5ccccc5)cc(-c5cc(-c6ccccc6)ccn5)c4)cccc32)c(-c2ccccc2)c1. The van der Waals surface area contributed by atoms with E-state index in [1.807, 2.05) is 123 Å². The highest BCUT2D eigenvalue weighted by atomic mass is 16.3. The van der Waals surface area contributed by atoms with Crippen LogP contribution in [0, 0.1) is 20.7 Å². The third-order valence-electron chi connectivity index (χ3n) is 10.2. The van der Waals surface area contributed by atoms with Crippen LogP contribution in [-0.4, -0.2) is 19.6 Å². The summed E-state index contributed by atoms with van der Waals surface area (Å²) in [5, 5.41) is 11.7. The van der Waals surface area contributed by atoms with E-state index < -0.39 is 6.85 Å². The van der Waals surface area contributed by atoms with Gasteiger partial charge in [0.2, 0.25) is 0 Å². The van der Waals surface area contributed by atoms with Crippen LogP contribution in [0.5, 0.6) is 5.75 Å². The van der Waals surface area contributed by atoms with E-state index in [9.17, 15) is 5.11 Å². The van der Waals surface area contributed by atoms with Crippen LogP contribution in [0.2, 0.25) is 0 Å². The van der Waals surface area contributed by atoms with Crippen LogP contribution < -0.4 is 0 Å². The lowest BCUT2D eigenvalue weighted by Crippen LogP contribution is -2.01. The van der Waals surface area contributed by atoms with E-state index in [4.69, 9.17) is 14.1 Å². The molecule has 7 aromatic carbocycles. The number of aromatic nitrogens is 3. The summed E-state index contributed by atoms with van der Waals surface area (Å²) in [6.07, 6.45) is 1.86. The molecule has 0 saturated heterocycles. The third kappa shape index (κ3) is 6.38. The van der Waals surface area contributed by atoms with Gasteiger partial charge in [-0.05, 0) is 120 Å². The molecule has 55 heavy (non-hydrogen) atoms. The van der Waals surface area contributed by atoms with Gasteiger partial charge in [0.05, 0.1) is 28.0 Å². The van der Waals surface area contributed by atoms with E-state index in [-0.39, 0.29) is 11.3 Å². The molecule has 2 aromatic heterocycles. The van der Waals surface area contributed by atoms with Crippen molar-refractivity contribution in [1.82, 2.24) is 14.5 Å². The number of phenolic OH excluding ortho intramolecular Hbond substituents is 1. The first-order valence-corrected chi connectivity index (χ1v) is 18.4. The Bertz CT molecular complexity index is 2960. The molecular weight excluding hydrogens is 671 g/mol. The quantitative estimate of drug-likeness (QED) is 0.179. The van der Waals surface area contributed by atoms with Crippen molar-refractivity contribution >= 4 is 11.0 Å². The van der Waals surface area contributed by atoms with Crippen molar-refractivity contribution in [3.8, 4) is 78.6 Å². The first-order valence-electron chi connectivity index (χ1n) is 19.9. The minimum Gasteiger partial charge on any atom is -0.507 e. The lowest BCUT2D eigenvalue weighted by molar-refractivity contribution is 0.472. The minimum atomic E-state index is -2.31. The van der Waals surface area contributed by atoms with E-state index >= 15 is 0 Å². The number of aryl methyl sites for hydroxylation is 3. The van der Waals surface area contributed by atoms with E-state index in [0.29, 0.717) is 11.4 Å². The maximum absolute atomic E-state index is 11.7. The van der Waals surface area contributed by atoms with Gasteiger partial charge in [-0.15, -0.1) is 0 Å². The summed E-state index contributed by atoms with van der Waals surface area (Å²) in [6, 6.07) is 56.5. The van der Waals surface area contributed by atoms with E-state index in [1.165, 1.54) is 0 Å². The Balaban J connectivity index is 1.33. The van der Waals surface area contributed by atoms with Gasteiger partial charge < -0.3 is 5.11 Å². The van der Waals surface area contributed by atoms with Gasteiger partial charge in [-0.1, -0.05) is 121 Å². The van der Waals surface area contributed by atoms with Crippen LogP contribution in [0.15, 0.2) is 176 Å². The average Bonchev–Trinajstić information content (AvgIpc) is 3.65. The van der Waals surface area contributed by atoms with Crippen molar-refractivity contribution in [2.24, 2.45) is 0 Å². The van der Waals surface area contributed by atoms with Gasteiger partial charge in [-0.2, -0.15) is 0 Å². The molecule has 0 aliphatic rings. The summed E-state index contributed by atoms with van der Waals surface area (Å²) in [6.45, 7) is 1.59. The second kappa shape index (κ2) is 14.1. The van der Waals surface area contributed by atoms with Crippen LogP contribution in [0.25, 0.3) is 83.9 Å². The maximum Gasteiger partial charge on any atom is 0.149 e. The molecule has 0 spiro atoms. The number of benzene rings is 7. The van der Waals surface area contributed by atoms with Crippen LogP contribution in [0.3, 0.4) is 0 Å². The smallest absolute Gasteiger partial charge is 0.149 e. The summed E-state index contributed by atoms with van der Waals surface area (Å²) in [7, 11) is 0. The predicted molar refractivity (Wildman–Crippen MR) is 227 cm³/mol. The molecule has 0 fully saturated rings. The van der Waals surface area contributed by atoms with Gasteiger partial charge in [0.1, 0.15) is 11.6 Å². The number of fused-ring (bicyclic) bond motifs is 1. The Morgan fingerprint density at radius 1 is 0.509 bits per heavy atom. The Morgan fingerprint density at radius 3 is 1.89 bits per heavy atom. The summed E-state index contributed by atoms with van der Waals surface area (Å²) < 4.78 is 26.9. The molecule has 0 unspecified atom stereocenters. The van der Waals surface area contributed by atoms with Crippen molar-refractivity contribution in [3.05, 3.63) is 193 Å². The molecule has 0 aliphatic carbocycles. The topological polar surface area (TPSA) is 50.9 Å². The fourth-order valence-corrected chi connectivity index (χ4v) is 7.59. The van der Waals surface area contributed by atoms with Crippen LogP contribution in [-0.2, 0) is 0 Å². The second-order valence-electron chi connectivity index (χ2n) is 14.0. The number of imidazole rings is 1. The van der Waals surface area contributed by atoms with Gasteiger partial charge in [-0.25, -0.2) is 4.98 Å². The Kier molecular flexibility index (Phi) is 7.78. The Morgan fingerprint density at radius 2 is 1.16 bits per heavy atom. The first kappa shape index (κ1) is 30.4. The average molecular weight is 713 g/mol. The molecule has 0 radical (unpaired) electrons. The maximum atomic E-state index is 11.7. The number of hydrogen-bond acceptors (Lipinski definition) is 3.